The van der Waals surface area contributed by atoms with Crippen molar-refractivity contribution in [3.63, 3.8) is 0 Å². The molecule has 108 valence electrons. The highest BCUT2D eigenvalue weighted by Crippen LogP contribution is 2.29. The van der Waals surface area contributed by atoms with Crippen molar-refractivity contribution in [1.82, 2.24) is 9.97 Å². The van der Waals surface area contributed by atoms with Crippen LogP contribution in [0.2, 0.25) is 0 Å². The molecule has 0 aliphatic carbocycles. The number of halogens is 3. The second kappa shape index (κ2) is 6.58. The van der Waals surface area contributed by atoms with E-state index in [4.69, 9.17) is 5.73 Å². The van der Waals surface area contributed by atoms with Crippen LogP contribution in [0.15, 0.2) is 6.07 Å². The van der Waals surface area contributed by atoms with Gasteiger partial charge in [-0.2, -0.15) is 18.2 Å². The van der Waals surface area contributed by atoms with Gasteiger partial charge >= 0.3 is 6.18 Å². The first-order chi connectivity index (χ1) is 8.82. The van der Waals surface area contributed by atoms with Crippen LogP contribution in [-0.2, 0) is 6.18 Å². The lowest BCUT2D eigenvalue weighted by Gasteiger charge is -2.15. The van der Waals surface area contributed by atoms with Crippen molar-refractivity contribution in [2.45, 2.75) is 51.7 Å². The minimum Gasteiger partial charge on any atom is -0.368 e. The van der Waals surface area contributed by atoms with Crippen molar-refractivity contribution in [3.05, 3.63) is 11.8 Å². The maximum atomic E-state index is 12.6. The van der Waals surface area contributed by atoms with E-state index in [1.807, 2.05) is 6.92 Å². The van der Waals surface area contributed by atoms with E-state index in [-0.39, 0.29) is 17.8 Å². The van der Waals surface area contributed by atoms with Gasteiger partial charge in [0.2, 0.25) is 5.95 Å². The summed E-state index contributed by atoms with van der Waals surface area (Å²) in [5.74, 6) is -0.262. The van der Waals surface area contributed by atoms with E-state index in [9.17, 15) is 13.2 Å². The van der Waals surface area contributed by atoms with Crippen LogP contribution < -0.4 is 11.1 Å². The second-order valence-electron chi connectivity index (χ2n) is 4.54. The summed E-state index contributed by atoms with van der Waals surface area (Å²) in [7, 11) is 0. The fraction of sp³-hybridized carbons (Fsp3) is 0.667. The molecular formula is C12H19F3N4. The standard InChI is InChI=1S/C12H19F3N4/c1-3-4-5-6-8(2)17-10-7-9(12(13,14)15)18-11(16)19-10/h7-8H,3-6H2,1-2H3,(H3,16,17,18,19). The van der Waals surface area contributed by atoms with Crippen LogP contribution in [0.1, 0.15) is 45.2 Å². The Balaban J connectivity index is 2.70. The molecule has 4 nitrogen and oxygen atoms in total. The lowest BCUT2D eigenvalue weighted by Crippen LogP contribution is -2.18. The normalized spacial score (nSPS) is 13.3. The SMILES string of the molecule is CCCCCC(C)Nc1cc(C(F)(F)F)nc(N)n1. The first kappa shape index (κ1) is 15.5. The van der Waals surface area contributed by atoms with Crippen LogP contribution >= 0.6 is 0 Å². The zero-order chi connectivity index (χ0) is 14.5. The monoisotopic (exact) mass is 276 g/mol. The Hall–Kier alpha value is -1.53. The van der Waals surface area contributed by atoms with Gasteiger partial charge in [0.05, 0.1) is 0 Å². The number of nitrogen functional groups attached to an aromatic ring is 1. The largest absolute Gasteiger partial charge is 0.433 e. The summed E-state index contributed by atoms with van der Waals surface area (Å²) in [5.41, 5.74) is 4.27. The lowest BCUT2D eigenvalue weighted by atomic mass is 10.1. The first-order valence-electron chi connectivity index (χ1n) is 6.31. The minimum absolute atomic E-state index is 0.0435. The first-order valence-corrected chi connectivity index (χ1v) is 6.31. The molecule has 1 aromatic rings. The van der Waals surface area contributed by atoms with E-state index in [1.165, 1.54) is 0 Å². The number of rotatable bonds is 6. The molecule has 0 radical (unpaired) electrons. The fourth-order valence-electron chi connectivity index (χ4n) is 1.71. The summed E-state index contributed by atoms with van der Waals surface area (Å²) in [6, 6.07) is 0.925. The Morgan fingerprint density at radius 2 is 2.00 bits per heavy atom. The fourth-order valence-corrected chi connectivity index (χ4v) is 1.71. The van der Waals surface area contributed by atoms with E-state index in [0.29, 0.717) is 0 Å². The molecule has 0 saturated carbocycles. The third-order valence-corrected chi connectivity index (χ3v) is 2.67. The Kier molecular flexibility index (Phi) is 5.38. The summed E-state index contributed by atoms with van der Waals surface area (Å²) in [5, 5.41) is 2.92. The molecule has 1 unspecified atom stereocenters. The summed E-state index contributed by atoms with van der Waals surface area (Å²) in [6.45, 7) is 4.00. The maximum absolute atomic E-state index is 12.6. The lowest BCUT2D eigenvalue weighted by molar-refractivity contribution is -0.141. The van der Waals surface area contributed by atoms with Crippen molar-refractivity contribution in [2.75, 3.05) is 11.1 Å². The number of anilines is 2. The number of unbranched alkanes of at least 4 members (excludes halogenated alkanes) is 2. The Bertz CT molecular complexity index is 406. The Morgan fingerprint density at radius 1 is 1.32 bits per heavy atom. The third-order valence-electron chi connectivity index (χ3n) is 2.67. The van der Waals surface area contributed by atoms with E-state index in [1.54, 1.807) is 0 Å². The predicted octanol–water partition coefficient (Wildman–Crippen LogP) is 3.46. The summed E-state index contributed by atoms with van der Waals surface area (Å²) in [4.78, 5) is 6.96. The number of nitrogens with zero attached hydrogens (tertiary/aromatic N) is 2. The molecule has 0 fully saturated rings. The zero-order valence-corrected chi connectivity index (χ0v) is 11.1. The molecule has 0 spiro atoms. The molecule has 1 rings (SSSR count). The number of aromatic nitrogens is 2. The highest BCUT2D eigenvalue weighted by molar-refractivity contribution is 5.41. The number of alkyl halides is 3. The molecule has 1 aromatic heterocycles. The van der Waals surface area contributed by atoms with Gasteiger partial charge in [0.25, 0.3) is 0 Å². The molecule has 0 amide bonds. The van der Waals surface area contributed by atoms with Gasteiger partial charge in [-0.1, -0.05) is 26.2 Å². The number of hydrogen-bond donors (Lipinski definition) is 2. The van der Waals surface area contributed by atoms with E-state index in [2.05, 4.69) is 22.2 Å². The molecule has 3 N–H and O–H groups in total. The molecule has 0 bridgehead atoms. The Morgan fingerprint density at radius 3 is 2.58 bits per heavy atom. The van der Waals surface area contributed by atoms with Gasteiger partial charge in [0, 0.05) is 12.1 Å². The average molecular weight is 276 g/mol. The molecule has 1 heterocycles. The van der Waals surface area contributed by atoms with Crippen LogP contribution in [0.4, 0.5) is 24.9 Å². The van der Waals surface area contributed by atoms with Crippen LogP contribution in [0.25, 0.3) is 0 Å². The highest BCUT2D eigenvalue weighted by atomic mass is 19.4. The molecule has 0 aromatic carbocycles. The second-order valence-corrected chi connectivity index (χ2v) is 4.54. The quantitative estimate of drug-likeness (QED) is 0.781. The number of hydrogen-bond acceptors (Lipinski definition) is 4. The van der Waals surface area contributed by atoms with Gasteiger partial charge in [-0.25, -0.2) is 4.98 Å². The van der Waals surface area contributed by atoms with Crippen LogP contribution in [0.3, 0.4) is 0 Å². The van der Waals surface area contributed by atoms with Gasteiger partial charge in [-0.15, -0.1) is 0 Å². The summed E-state index contributed by atoms with van der Waals surface area (Å²) >= 11 is 0. The molecule has 0 aliphatic rings. The molecule has 7 heteroatoms. The van der Waals surface area contributed by atoms with E-state index >= 15 is 0 Å². The zero-order valence-electron chi connectivity index (χ0n) is 11.1. The summed E-state index contributed by atoms with van der Waals surface area (Å²) < 4.78 is 37.7. The van der Waals surface area contributed by atoms with Gasteiger partial charge in [0.1, 0.15) is 5.82 Å². The number of nitrogens with two attached hydrogens (primary N) is 1. The van der Waals surface area contributed by atoms with Crippen LogP contribution in [-0.4, -0.2) is 16.0 Å². The molecule has 1 atom stereocenters. The number of nitrogens with one attached hydrogen (secondary N) is 1. The van der Waals surface area contributed by atoms with Gasteiger partial charge in [-0.3, -0.25) is 0 Å². The van der Waals surface area contributed by atoms with Gasteiger partial charge in [-0.05, 0) is 13.3 Å². The van der Waals surface area contributed by atoms with Crippen molar-refractivity contribution in [2.24, 2.45) is 0 Å². The van der Waals surface area contributed by atoms with Crippen molar-refractivity contribution >= 4 is 11.8 Å². The van der Waals surface area contributed by atoms with E-state index < -0.39 is 11.9 Å². The molecule has 19 heavy (non-hydrogen) atoms. The van der Waals surface area contributed by atoms with E-state index in [0.717, 1.165) is 31.7 Å². The van der Waals surface area contributed by atoms with Crippen molar-refractivity contribution in [3.8, 4) is 0 Å². The molecule has 0 aliphatic heterocycles. The smallest absolute Gasteiger partial charge is 0.368 e. The predicted molar refractivity (Wildman–Crippen MR) is 68.7 cm³/mol. The summed E-state index contributed by atoms with van der Waals surface area (Å²) in [6.07, 6.45) is -0.410. The van der Waals surface area contributed by atoms with Crippen LogP contribution in [0.5, 0.6) is 0 Å². The highest BCUT2D eigenvalue weighted by Gasteiger charge is 2.33. The van der Waals surface area contributed by atoms with Crippen molar-refractivity contribution < 1.29 is 13.2 Å². The average Bonchev–Trinajstić information content (AvgIpc) is 2.27. The van der Waals surface area contributed by atoms with Gasteiger partial charge in [0.15, 0.2) is 5.69 Å². The molecule has 0 saturated heterocycles. The molecular weight excluding hydrogens is 257 g/mol. The minimum atomic E-state index is -4.51. The maximum Gasteiger partial charge on any atom is 0.433 e. The Labute approximate surface area is 110 Å². The van der Waals surface area contributed by atoms with Crippen LogP contribution in [0, 0.1) is 0 Å². The van der Waals surface area contributed by atoms with Gasteiger partial charge < -0.3 is 11.1 Å². The van der Waals surface area contributed by atoms with Crippen molar-refractivity contribution in [1.29, 1.82) is 0 Å². The topological polar surface area (TPSA) is 63.8 Å². The third kappa shape index (κ3) is 5.32.